The summed E-state index contributed by atoms with van der Waals surface area (Å²) in [5, 5.41) is 2.78. The number of nitrogens with zero attached hydrogens (tertiary/aromatic N) is 1. The summed E-state index contributed by atoms with van der Waals surface area (Å²) in [6.45, 7) is 0.189. The minimum absolute atomic E-state index is 0.0727. The third-order valence-corrected chi connectivity index (χ3v) is 4.87. The van der Waals surface area contributed by atoms with E-state index >= 15 is 0 Å². The van der Waals surface area contributed by atoms with Gasteiger partial charge < -0.3 is 10.1 Å². The highest BCUT2D eigenvalue weighted by atomic mass is 32.2. The molecule has 0 unspecified atom stereocenters. The summed E-state index contributed by atoms with van der Waals surface area (Å²) < 4.78 is 18.7. The van der Waals surface area contributed by atoms with Crippen molar-refractivity contribution in [1.29, 1.82) is 0 Å². The van der Waals surface area contributed by atoms with Gasteiger partial charge in [0.05, 0.1) is 6.54 Å². The topological polar surface area (TPSA) is 58.6 Å². The Bertz CT molecular complexity index is 575. The molecule has 3 amide bonds. The number of imide groups is 1. The van der Waals surface area contributed by atoms with E-state index in [0.29, 0.717) is 12.2 Å². The Balaban J connectivity index is 1.59. The number of carbonyl (C=O) groups excluding carboxylic acids is 2. The van der Waals surface area contributed by atoms with Gasteiger partial charge in [-0.3, -0.25) is 9.69 Å². The first-order valence-corrected chi connectivity index (χ1v) is 7.87. The average molecular weight is 310 g/mol. The monoisotopic (exact) mass is 310 g/mol. The number of rotatable bonds is 4. The van der Waals surface area contributed by atoms with Gasteiger partial charge in [-0.15, -0.1) is 0 Å². The number of para-hydroxylation sites is 1. The molecule has 0 aliphatic carbocycles. The largest absolute Gasteiger partial charge is 0.489 e. The van der Waals surface area contributed by atoms with Gasteiger partial charge in [-0.25, -0.2) is 9.18 Å². The van der Waals surface area contributed by atoms with Gasteiger partial charge >= 0.3 is 6.03 Å². The summed E-state index contributed by atoms with van der Waals surface area (Å²) in [4.78, 5) is 25.4. The van der Waals surface area contributed by atoms with Crippen LogP contribution in [0.2, 0.25) is 0 Å². The molecule has 1 aromatic carbocycles. The van der Waals surface area contributed by atoms with E-state index in [1.54, 1.807) is 23.9 Å². The second kappa shape index (κ2) is 5.55. The Hall–Kier alpha value is -1.76. The van der Waals surface area contributed by atoms with Gasteiger partial charge in [-0.1, -0.05) is 12.1 Å². The lowest BCUT2D eigenvalue weighted by atomic mass is 9.99. The summed E-state index contributed by atoms with van der Waals surface area (Å²) in [5.41, 5.74) is -0.736. The van der Waals surface area contributed by atoms with Crippen LogP contribution >= 0.6 is 11.8 Å². The number of carbonyl (C=O) groups is 2. The molecular weight excluding hydrogens is 295 g/mol. The van der Waals surface area contributed by atoms with E-state index in [-0.39, 0.29) is 30.8 Å². The van der Waals surface area contributed by atoms with Crippen molar-refractivity contribution in [2.45, 2.75) is 12.0 Å². The van der Waals surface area contributed by atoms with Gasteiger partial charge in [0, 0.05) is 5.75 Å². The normalized spacial score (nSPS) is 24.7. The number of amides is 3. The summed E-state index contributed by atoms with van der Waals surface area (Å²) in [6.07, 6.45) is 0.660. The van der Waals surface area contributed by atoms with Gasteiger partial charge in [0.25, 0.3) is 5.91 Å². The van der Waals surface area contributed by atoms with Crippen LogP contribution in [0.1, 0.15) is 6.42 Å². The van der Waals surface area contributed by atoms with Crippen molar-refractivity contribution in [3.63, 3.8) is 0 Å². The molecule has 1 atom stereocenters. The maximum absolute atomic E-state index is 13.4. The van der Waals surface area contributed by atoms with Gasteiger partial charge in [-0.2, -0.15) is 11.8 Å². The molecule has 3 rings (SSSR count). The van der Waals surface area contributed by atoms with E-state index in [9.17, 15) is 14.0 Å². The SMILES string of the molecule is O=C1N[C@]2(CCSC2)C(=O)N1CCOc1ccccc1F. The van der Waals surface area contributed by atoms with Crippen LogP contribution in [-0.2, 0) is 4.79 Å². The Morgan fingerprint density at radius 1 is 1.38 bits per heavy atom. The highest BCUT2D eigenvalue weighted by molar-refractivity contribution is 7.99. The number of urea groups is 1. The van der Waals surface area contributed by atoms with Crippen LogP contribution in [0.5, 0.6) is 5.75 Å². The average Bonchev–Trinajstić information content (AvgIpc) is 3.02. The first kappa shape index (κ1) is 14.2. The Morgan fingerprint density at radius 2 is 2.19 bits per heavy atom. The van der Waals surface area contributed by atoms with Gasteiger partial charge in [0.2, 0.25) is 0 Å². The highest BCUT2D eigenvalue weighted by Crippen LogP contribution is 2.33. The summed E-state index contributed by atoms with van der Waals surface area (Å²) in [5.74, 6) is 0.942. The summed E-state index contributed by atoms with van der Waals surface area (Å²) in [6, 6.07) is 5.65. The molecule has 0 saturated carbocycles. The zero-order valence-electron chi connectivity index (χ0n) is 11.3. The van der Waals surface area contributed by atoms with Crippen LogP contribution in [0.25, 0.3) is 0 Å². The quantitative estimate of drug-likeness (QED) is 0.859. The number of hydrogen-bond donors (Lipinski definition) is 1. The molecule has 2 fully saturated rings. The molecule has 5 nitrogen and oxygen atoms in total. The highest BCUT2D eigenvalue weighted by Gasteiger charge is 2.52. The molecule has 2 heterocycles. The third-order valence-electron chi connectivity index (χ3n) is 3.68. The summed E-state index contributed by atoms with van der Waals surface area (Å²) >= 11 is 1.66. The molecule has 0 radical (unpaired) electrons. The van der Waals surface area contributed by atoms with Crippen LogP contribution in [0.15, 0.2) is 24.3 Å². The Morgan fingerprint density at radius 3 is 2.90 bits per heavy atom. The maximum Gasteiger partial charge on any atom is 0.325 e. The van der Waals surface area contributed by atoms with Gasteiger partial charge in [0.15, 0.2) is 11.6 Å². The standard InChI is InChI=1S/C14H15FN2O3S/c15-10-3-1-2-4-11(10)20-7-6-17-12(18)14(16-13(17)19)5-8-21-9-14/h1-4H,5-9H2,(H,16,19)/t14-/m0/s1. The molecular formula is C14H15FN2O3S. The minimum Gasteiger partial charge on any atom is -0.489 e. The van der Waals surface area contributed by atoms with E-state index in [1.165, 1.54) is 12.1 Å². The van der Waals surface area contributed by atoms with Crippen LogP contribution in [0, 0.1) is 5.82 Å². The predicted octanol–water partition coefficient (Wildman–Crippen LogP) is 1.63. The molecule has 21 heavy (non-hydrogen) atoms. The Kier molecular flexibility index (Phi) is 3.75. The van der Waals surface area contributed by atoms with Crippen LogP contribution in [0.4, 0.5) is 9.18 Å². The van der Waals surface area contributed by atoms with Crippen molar-refractivity contribution in [3.8, 4) is 5.75 Å². The van der Waals surface area contributed by atoms with Gasteiger partial charge in [-0.05, 0) is 24.3 Å². The first-order chi connectivity index (χ1) is 10.1. The number of ether oxygens (including phenoxy) is 1. The zero-order chi connectivity index (χ0) is 14.9. The second-order valence-electron chi connectivity index (χ2n) is 5.05. The zero-order valence-corrected chi connectivity index (χ0v) is 12.1. The lowest BCUT2D eigenvalue weighted by molar-refractivity contribution is -0.130. The molecule has 1 aromatic rings. The smallest absolute Gasteiger partial charge is 0.325 e. The first-order valence-electron chi connectivity index (χ1n) is 6.72. The van der Waals surface area contributed by atoms with E-state index in [0.717, 1.165) is 10.7 Å². The van der Waals surface area contributed by atoms with Crippen molar-refractivity contribution in [1.82, 2.24) is 10.2 Å². The maximum atomic E-state index is 13.4. The number of thioether (sulfide) groups is 1. The Labute approximate surface area is 125 Å². The van der Waals surface area contributed by atoms with Crippen LogP contribution < -0.4 is 10.1 Å². The van der Waals surface area contributed by atoms with E-state index in [4.69, 9.17) is 4.74 Å². The lowest BCUT2D eigenvalue weighted by Gasteiger charge is -2.19. The van der Waals surface area contributed by atoms with Gasteiger partial charge in [0.1, 0.15) is 12.1 Å². The van der Waals surface area contributed by atoms with Crippen molar-refractivity contribution >= 4 is 23.7 Å². The van der Waals surface area contributed by atoms with E-state index in [1.807, 2.05) is 0 Å². The van der Waals surface area contributed by atoms with Crippen molar-refractivity contribution in [2.75, 3.05) is 24.7 Å². The third kappa shape index (κ3) is 2.57. The molecule has 2 aliphatic rings. The number of halogens is 1. The molecule has 1 spiro atoms. The lowest BCUT2D eigenvalue weighted by Crippen LogP contribution is -2.47. The van der Waals surface area contributed by atoms with E-state index < -0.39 is 11.4 Å². The molecule has 1 N–H and O–H groups in total. The molecule has 2 saturated heterocycles. The molecule has 0 bridgehead atoms. The fourth-order valence-corrected chi connectivity index (χ4v) is 3.85. The van der Waals surface area contributed by atoms with Crippen molar-refractivity contribution in [3.05, 3.63) is 30.1 Å². The number of nitrogens with one attached hydrogen (secondary N) is 1. The van der Waals surface area contributed by atoms with E-state index in [2.05, 4.69) is 5.32 Å². The molecule has 7 heteroatoms. The van der Waals surface area contributed by atoms with Crippen LogP contribution in [-0.4, -0.2) is 47.0 Å². The molecule has 112 valence electrons. The van der Waals surface area contributed by atoms with Crippen molar-refractivity contribution < 1.29 is 18.7 Å². The fraction of sp³-hybridized carbons (Fsp3) is 0.429. The van der Waals surface area contributed by atoms with Crippen molar-refractivity contribution in [2.24, 2.45) is 0 Å². The molecule has 0 aromatic heterocycles. The molecule has 2 aliphatic heterocycles. The predicted molar refractivity (Wildman–Crippen MR) is 76.8 cm³/mol. The fourth-order valence-electron chi connectivity index (χ4n) is 2.52. The minimum atomic E-state index is -0.736. The number of benzene rings is 1. The summed E-state index contributed by atoms with van der Waals surface area (Å²) in [7, 11) is 0. The number of hydrogen-bond acceptors (Lipinski definition) is 4. The second-order valence-corrected chi connectivity index (χ2v) is 6.16. The van der Waals surface area contributed by atoms with Crippen LogP contribution in [0.3, 0.4) is 0 Å².